The van der Waals surface area contributed by atoms with E-state index >= 15 is 0 Å². The summed E-state index contributed by atoms with van der Waals surface area (Å²) in [5.74, 6) is 0.504. The summed E-state index contributed by atoms with van der Waals surface area (Å²) in [4.78, 5) is 2.10. The highest BCUT2D eigenvalue weighted by Crippen LogP contribution is 2.23. The lowest BCUT2D eigenvalue weighted by Gasteiger charge is -2.18. The second-order valence-corrected chi connectivity index (χ2v) is 10.5. The van der Waals surface area contributed by atoms with E-state index in [2.05, 4.69) is 12.3 Å². The molecule has 0 spiro atoms. The molecule has 0 heterocycles. The second kappa shape index (κ2) is 12.6. The van der Waals surface area contributed by atoms with Crippen molar-refractivity contribution in [2.45, 2.75) is 24.8 Å². The van der Waals surface area contributed by atoms with Crippen molar-refractivity contribution in [2.75, 3.05) is 32.2 Å². The van der Waals surface area contributed by atoms with E-state index in [-0.39, 0.29) is 11.5 Å². The minimum atomic E-state index is -3.95. The third-order valence-electron chi connectivity index (χ3n) is 5.78. The highest BCUT2D eigenvalue weighted by molar-refractivity contribution is 7.86. The molecule has 0 aliphatic carbocycles. The van der Waals surface area contributed by atoms with Gasteiger partial charge in [0.2, 0.25) is 0 Å². The molecule has 6 nitrogen and oxygen atoms in total. The number of rotatable bonds is 11. The maximum atomic E-state index is 12.4. The molecule has 3 rings (SSSR count). The van der Waals surface area contributed by atoms with Gasteiger partial charge in [-0.25, -0.2) is 0 Å². The monoisotopic (exact) mass is 519 g/mol. The lowest BCUT2D eigenvalue weighted by molar-refractivity contribution is 0.0740. The van der Waals surface area contributed by atoms with Gasteiger partial charge in [0, 0.05) is 25.4 Å². The van der Waals surface area contributed by atoms with E-state index in [4.69, 9.17) is 8.92 Å². The summed E-state index contributed by atoms with van der Waals surface area (Å²) in [5.41, 5.74) is 8.86. The first-order chi connectivity index (χ1) is 17.6. The van der Waals surface area contributed by atoms with Crippen molar-refractivity contribution in [2.24, 2.45) is 0 Å². The molecule has 0 radical (unpaired) electrons. The van der Waals surface area contributed by atoms with Gasteiger partial charge < -0.3 is 14.7 Å². The first kappa shape index (κ1) is 28.0. The topological polar surface area (TPSA) is 76.1 Å². The molecule has 1 N–H and O–H groups in total. The molecular weight excluding hydrogens is 486 g/mol. The van der Waals surface area contributed by atoms with Crippen molar-refractivity contribution in [1.29, 1.82) is 0 Å². The van der Waals surface area contributed by atoms with Crippen molar-refractivity contribution < 1.29 is 22.4 Å². The number of ether oxygens (including phenoxy) is 1. The molecule has 0 bridgehead atoms. The predicted octanol–water partition coefficient (Wildman–Crippen LogP) is 5.40. The second-order valence-electron chi connectivity index (χ2n) is 8.86. The van der Waals surface area contributed by atoms with Gasteiger partial charge in [-0.15, -0.1) is 5.73 Å². The molecule has 3 aromatic carbocycles. The number of anilines is 1. The Balaban J connectivity index is 1.65. The fourth-order valence-corrected chi connectivity index (χ4v) is 4.47. The Kier molecular flexibility index (Phi) is 9.50. The highest BCUT2D eigenvalue weighted by Gasteiger charge is 2.19. The number of benzene rings is 3. The van der Waals surface area contributed by atoms with Crippen LogP contribution in [0.3, 0.4) is 0 Å². The van der Waals surface area contributed by atoms with Gasteiger partial charge in [0.15, 0.2) is 0 Å². The number of aliphatic hydroxyl groups excluding tert-OH is 1. The van der Waals surface area contributed by atoms with Crippen LogP contribution in [0, 0.1) is 13.8 Å². The van der Waals surface area contributed by atoms with E-state index in [0.717, 1.165) is 33.5 Å². The smallest absolute Gasteiger partial charge is 0.297 e. The number of aryl methyl sites for hydroxylation is 2. The summed E-state index contributed by atoms with van der Waals surface area (Å²) in [6.07, 6.45) is 3.09. The minimum absolute atomic E-state index is 0.0587. The van der Waals surface area contributed by atoms with E-state index in [1.807, 2.05) is 81.4 Å². The molecule has 1 atom stereocenters. The molecule has 7 heteroatoms. The van der Waals surface area contributed by atoms with Crippen LogP contribution in [0.15, 0.2) is 90.0 Å². The summed E-state index contributed by atoms with van der Waals surface area (Å²) in [6.45, 7) is 6.93. The third kappa shape index (κ3) is 7.68. The van der Waals surface area contributed by atoms with E-state index < -0.39 is 22.8 Å². The van der Waals surface area contributed by atoms with Gasteiger partial charge in [0.05, 0.1) is 11.5 Å². The van der Waals surface area contributed by atoms with Gasteiger partial charge >= 0.3 is 0 Å². The van der Waals surface area contributed by atoms with E-state index in [0.29, 0.717) is 5.75 Å². The van der Waals surface area contributed by atoms with Crippen molar-refractivity contribution in [3.8, 4) is 5.75 Å². The molecule has 0 fully saturated rings. The fourth-order valence-electron chi connectivity index (χ4n) is 3.53. The molecule has 0 aliphatic rings. The summed E-state index contributed by atoms with van der Waals surface area (Å²) in [7, 11) is 0.0438. The van der Waals surface area contributed by atoms with E-state index in [9.17, 15) is 13.5 Å². The Morgan fingerprint density at radius 3 is 2.30 bits per heavy atom. The van der Waals surface area contributed by atoms with E-state index in [1.165, 1.54) is 12.1 Å². The maximum absolute atomic E-state index is 12.4. The standard InChI is InChI=1S/C30H33NO5S/c1-6-24(26-11-14-27(15-12-26)31(4)5)9-10-25-13-16-28(19-23(25)3)36-29(20-32)21-35-37(33,34)30-17-7-22(2)8-18-30/h7-19,29,32H,1,20-21H2,2-5H3/b10-9-. The Bertz CT molecular complexity index is 1380. The molecule has 0 aromatic heterocycles. The van der Waals surface area contributed by atoms with Crippen LogP contribution in [0.4, 0.5) is 5.69 Å². The normalized spacial score (nSPS) is 12.2. The van der Waals surface area contributed by atoms with Crippen LogP contribution in [0.2, 0.25) is 0 Å². The molecule has 0 amide bonds. The average Bonchev–Trinajstić information content (AvgIpc) is 2.88. The molecule has 0 saturated heterocycles. The summed E-state index contributed by atoms with van der Waals surface area (Å²) >= 11 is 0. The number of aliphatic hydroxyl groups is 1. The quantitative estimate of drug-likeness (QED) is 0.208. The summed E-state index contributed by atoms with van der Waals surface area (Å²) < 4.78 is 35.8. The molecule has 1 unspecified atom stereocenters. The van der Waals surface area contributed by atoms with Crippen molar-refractivity contribution in [1.82, 2.24) is 0 Å². The zero-order valence-electron chi connectivity index (χ0n) is 21.6. The van der Waals surface area contributed by atoms with Gasteiger partial charge in [0.1, 0.15) is 18.5 Å². The molecule has 0 aliphatic heterocycles. The van der Waals surface area contributed by atoms with Gasteiger partial charge in [-0.1, -0.05) is 48.6 Å². The first-order valence-electron chi connectivity index (χ1n) is 11.8. The Labute approximate surface area is 219 Å². The summed E-state index contributed by atoms with van der Waals surface area (Å²) in [6, 6.07) is 20.0. The lowest BCUT2D eigenvalue weighted by atomic mass is 10.0. The van der Waals surface area contributed by atoms with Crippen molar-refractivity contribution in [3.05, 3.63) is 107 Å². The largest absolute Gasteiger partial charge is 0.486 e. The highest BCUT2D eigenvalue weighted by atomic mass is 32.2. The van der Waals surface area contributed by atoms with Crippen molar-refractivity contribution in [3.63, 3.8) is 0 Å². The minimum Gasteiger partial charge on any atom is -0.486 e. The average molecular weight is 520 g/mol. The van der Waals surface area contributed by atoms with Gasteiger partial charge in [-0.2, -0.15) is 8.42 Å². The first-order valence-corrected chi connectivity index (χ1v) is 13.2. The number of hydrogen-bond acceptors (Lipinski definition) is 6. The van der Waals surface area contributed by atoms with Crippen LogP contribution in [0.25, 0.3) is 11.6 Å². The van der Waals surface area contributed by atoms with Gasteiger partial charge in [0.25, 0.3) is 10.1 Å². The molecule has 3 aromatic rings. The third-order valence-corrected chi connectivity index (χ3v) is 7.08. The van der Waals surface area contributed by atoms with Crippen LogP contribution in [0.1, 0.15) is 22.3 Å². The number of nitrogens with zero attached hydrogens (tertiary/aromatic N) is 1. The fraction of sp³-hybridized carbons (Fsp3) is 0.233. The Hall–Kier alpha value is -3.61. The van der Waals surface area contributed by atoms with Crippen LogP contribution in [-0.2, 0) is 14.3 Å². The van der Waals surface area contributed by atoms with E-state index in [1.54, 1.807) is 18.2 Å². The predicted molar refractivity (Wildman–Crippen MR) is 149 cm³/mol. The summed E-state index contributed by atoms with van der Waals surface area (Å²) in [5, 5.41) is 9.71. The lowest BCUT2D eigenvalue weighted by Crippen LogP contribution is -2.28. The Morgan fingerprint density at radius 1 is 1.05 bits per heavy atom. The Morgan fingerprint density at radius 2 is 1.73 bits per heavy atom. The van der Waals surface area contributed by atoms with Gasteiger partial charge in [-0.05, 0) is 73.0 Å². The van der Waals surface area contributed by atoms with Crippen molar-refractivity contribution >= 4 is 27.5 Å². The SMILES string of the molecule is C=C=C(/C=C\c1ccc(OC(CO)COS(=O)(=O)c2ccc(C)cc2)cc1C)c1ccc(N(C)C)cc1. The molecule has 37 heavy (non-hydrogen) atoms. The van der Waals surface area contributed by atoms with Gasteiger partial charge in [-0.3, -0.25) is 4.18 Å². The van der Waals surface area contributed by atoms with Crippen LogP contribution in [-0.4, -0.2) is 46.9 Å². The van der Waals surface area contributed by atoms with Crippen LogP contribution >= 0.6 is 0 Å². The van der Waals surface area contributed by atoms with Crippen LogP contribution in [0.5, 0.6) is 5.75 Å². The zero-order chi connectivity index (χ0) is 27.0. The number of hydrogen-bond donors (Lipinski definition) is 1. The van der Waals surface area contributed by atoms with Crippen LogP contribution < -0.4 is 9.64 Å². The zero-order valence-corrected chi connectivity index (χ0v) is 22.5. The molecule has 194 valence electrons. The maximum Gasteiger partial charge on any atom is 0.297 e. The molecule has 0 saturated carbocycles. The molecular formula is C30H33NO5S. The number of allylic oxidation sites excluding steroid dienone is 2.